The standard InChI is InChI=1S/C22H21ClN2O6S/c1-4-31-18-9-13(16(23)11-17(18)30-3)10-19-21(27)25(22(28)32-19)12-20(26)24-14-5-7-15(29-2)8-6-14/h5-11H,4,12H2,1-3H3,(H,24,26)/b19-10+. The van der Waals surface area contributed by atoms with Gasteiger partial charge in [0.15, 0.2) is 11.5 Å². The van der Waals surface area contributed by atoms with Crippen molar-refractivity contribution < 1.29 is 28.6 Å². The van der Waals surface area contributed by atoms with Gasteiger partial charge >= 0.3 is 0 Å². The smallest absolute Gasteiger partial charge is 0.294 e. The van der Waals surface area contributed by atoms with Crippen molar-refractivity contribution in [1.82, 2.24) is 4.90 Å². The number of thioether (sulfide) groups is 1. The van der Waals surface area contributed by atoms with E-state index in [4.69, 9.17) is 25.8 Å². The van der Waals surface area contributed by atoms with Gasteiger partial charge in [-0.25, -0.2) is 0 Å². The van der Waals surface area contributed by atoms with E-state index in [0.29, 0.717) is 40.1 Å². The second-order valence-corrected chi connectivity index (χ2v) is 7.90. The van der Waals surface area contributed by atoms with Gasteiger partial charge in [0.1, 0.15) is 12.3 Å². The molecule has 2 aromatic rings. The highest BCUT2D eigenvalue weighted by molar-refractivity contribution is 8.18. The van der Waals surface area contributed by atoms with E-state index in [-0.39, 0.29) is 4.91 Å². The molecule has 1 aliphatic rings. The summed E-state index contributed by atoms with van der Waals surface area (Å²) in [5, 5.41) is 2.44. The van der Waals surface area contributed by atoms with Gasteiger partial charge < -0.3 is 19.5 Å². The molecule has 0 atom stereocenters. The van der Waals surface area contributed by atoms with E-state index < -0.39 is 23.6 Å². The van der Waals surface area contributed by atoms with Gasteiger partial charge in [-0.1, -0.05) is 11.6 Å². The Morgan fingerprint density at radius 2 is 1.84 bits per heavy atom. The number of benzene rings is 2. The minimum Gasteiger partial charge on any atom is -0.497 e. The molecule has 1 fully saturated rings. The average Bonchev–Trinajstić information content (AvgIpc) is 3.03. The maximum absolute atomic E-state index is 12.8. The molecule has 0 aliphatic carbocycles. The predicted molar refractivity (Wildman–Crippen MR) is 123 cm³/mol. The monoisotopic (exact) mass is 476 g/mol. The number of hydrogen-bond donors (Lipinski definition) is 1. The van der Waals surface area contributed by atoms with E-state index in [0.717, 1.165) is 16.7 Å². The van der Waals surface area contributed by atoms with Gasteiger partial charge in [0, 0.05) is 11.8 Å². The summed E-state index contributed by atoms with van der Waals surface area (Å²) in [5.74, 6) is 0.486. The number of nitrogens with zero attached hydrogens (tertiary/aromatic N) is 1. The first-order valence-electron chi connectivity index (χ1n) is 9.55. The molecule has 1 heterocycles. The molecule has 10 heteroatoms. The fourth-order valence-corrected chi connectivity index (χ4v) is 3.92. The Morgan fingerprint density at radius 3 is 2.47 bits per heavy atom. The maximum Gasteiger partial charge on any atom is 0.294 e. The summed E-state index contributed by atoms with van der Waals surface area (Å²) in [6, 6.07) is 9.90. The molecule has 2 aromatic carbocycles. The fraction of sp³-hybridized carbons (Fsp3) is 0.227. The Balaban J connectivity index is 1.74. The first-order chi connectivity index (χ1) is 15.4. The summed E-state index contributed by atoms with van der Waals surface area (Å²) < 4.78 is 15.9. The van der Waals surface area contributed by atoms with E-state index in [2.05, 4.69) is 5.32 Å². The van der Waals surface area contributed by atoms with Crippen molar-refractivity contribution in [2.75, 3.05) is 32.7 Å². The lowest BCUT2D eigenvalue weighted by Crippen LogP contribution is -2.36. The maximum atomic E-state index is 12.8. The van der Waals surface area contributed by atoms with Crippen LogP contribution in [-0.4, -0.2) is 49.3 Å². The Bertz CT molecular complexity index is 1070. The largest absolute Gasteiger partial charge is 0.497 e. The number of nitrogens with one attached hydrogen (secondary N) is 1. The average molecular weight is 477 g/mol. The third kappa shape index (κ3) is 5.35. The van der Waals surface area contributed by atoms with Crippen LogP contribution in [0.3, 0.4) is 0 Å². The van der Waals surface area contributed by atoms with Crippen molar-refractivity contribution in [2.24, 2.45) is 0 Å². The van der Waals surface area contributed by atoms with Crippen molar-refractivity contribution in [2.45, 2.75) is 6.92 Å². The minimum absolute atomic E-state index is 0.154. The number of carbonyl (C=O) groups is 3. The molecule has 1 aliphatic heterocycles. The molecule has 32 heavy (non-hydrogen) atoms. The zero-order valence-corrected chi connectivity index (χ0v) is 19.2. The topological polar surface area (TPSA) is 94.2 Å². The minimum atomic E-state index is -0.574. The summed E-state index contributed by atoms with van der Waals surface area (Å²) in [5.41, 5.74) is 1.01. The number of hydrogen-bond acceptors (Lipinski definition) is 7. The number of ether oxygens (including phenoxy) is 3. The highest BCUT2D eigenvalue weighted by atomic mass is 35.5. The molecule has 168 valence electrons. The molecular weight excluding hydrogens is 456 g/mol. The van der Waals surface area contributed by atoms with Crippen LogP contribution in [0.2, 0.25) is 5.02 Å². The third-order valence-electron chi connectivity index (χ3n) is 4.42. The van der Waals surface area contributed by atoms with E-state index in [9.17, 15) is 14.4 Å². The summed E-state index contributed by atoms with van der Waals surface area (Å²) in [4.78, 5) is 38.5. The van der Waals surface area contributed by atoms with Gasteiger partial charge in [0.05, 0.1) is 30.8 Å². The van der Waals surface area contributed by atoms with Gasteiger partial charge in [-0.15, -0.1) is 0 Å². The molecule has 1 N–H and O–H groups in total. The number of imide groups is 1. The van der Waals surface area contributed by atoms with Gasteiger partial charge in [0.2, 0.25) is 5.91 Å². The lowest BCUT2D eigenvalue weighted by molar-refractivity contribution is -0.127. The van der Waals surface area contributed by atoms with Crippen LogP contribution in [-0.2, 0) is 9.59 Å². The first-order valence-corrected chi connectivity index (χ1v) is 10.7. The molecule has 3 rings (SSSR count). The quantitative estimate of drug-likeness (QED) is 0.563. The van der Waals surface area contributed by atoms with Gasteiger partial charge in [0.25, 0.3) is 11.1 Å². The summed E-state index contributed by atoms with van der Waals surface area (Å²) in [6.45, 7) is 1.84. The lowest BCUT2D eigenvalue weighted by atomic mass is 10.1. The lowest BCUT2D eigenvalue weighted by Gasteiger charge is -2.13. The van der Waals surface area contributed by atoms with Crippen LogP contribution in [0, 0.1) is 0 Å². The highest BCUT2D eigenvalue weighted by Gasteiger charge is 2.36. The molecule has 0 bridgehead atoms. The number of amides is 3. The Hall–Kier alpha value is -3.17. The molecule has 0 radical (unpaired) electrons. The van der Waals surface area contributed by atoms with Crippen LogP contribution in [0.25, 0.3) is 6.08 Å². The SMILES string of the molecule is CCOc1cc(/C=C2/SC(=O)N(CC(=O)Nc3ccc(OC)cc3)C2=O)c(Cl)cc1OC. The normalized spacial score (nSPS) is 14.6. The summed E-state index contributed by atoms with van der Waals surface area (Å²) in [7, 11) is 3.04. The van der Waals surface area contributed by atoms with Gasteiger partial charge in [-0.3, -0.25) is 19.3 Å². The summed E-state index contributed by atoms with van der Waals surface area (Å²) >= 11 is 7.04. The molecule has 0 aromatic heterocycles. The number of carbonyl (C=O) groups excluding carboxylic acids is 3. The number of anilines is 1. The van der Waals surface area contributed by atoms with Crippen LogP contribution in [0.15, 0.2) is 41.3 Å². The van der Waals surface area contributed by atoms with Crippen LogP contribution >= 0.6 is 23.4 Å². The highest BCUT2D eigenvalue weighted by Crippen LogP contribution is 2.37. The van der Waals surface area contributed by atoms with Crippen molar-refractivity contribution in [3.05, 3.63) is 51.9 Å². The fourth-order valence-electron chi connectivity index (χ4n) is 2.89. The molecular formula is C22H21ClN2O6S. The second kappa shape index (κ2) is 10.4. The van der Waals surface area contributed by atoms with E-state index in [1.54, 1.807) is 36.4 Å². The molecule has 0 saturated carbocycles. The Kier molecular flexibility index (Phi) is 7.66. The van der Waals surface area contributed by atoms with E-state index in [1.807, 2.05) is 6.92 Å². The zero-order valence-electron chi connectivity index (χ0n) is 17.6. The summed E-state index contributed by atoms with van der Waals surface area (Å²) in [6.07, 6.45) is 1.50. The first kappa shape index (κ1) is 23.5. The Labute approximate surface area is 194 Å². The molecule has 3 amide bonds. The van der Waals surface area contributed by atoms with Crippen LogP contribution < -0.4 is 19.5 Å². The number of halogens is 1. The van der Waals surface area contributed by atoms with Crippen molar-refractivity contribution in [3.63, 3.8) is 0 Å². The van der Waals surface area contributed by atoms with Crippen molar-refractivity contribution >= 4 is 52.2 Å². The van der Waals surface area contributed by atoms with Gasteiger partial charge in [-0.05, 0) is 60.7 Å². The molecule has 0 spiro atoms. The second-order valence-electron chi connectivity index (χ2n) is 6.50. The van der Waals surface area contributed by atoms with Gasteiger partial charge in [-0.2, -0.15) is 0 Å². The molecule has 8 nitrogen and oxygen atoms in total. The predicted octanol–water partition coefficient (Wildman–Crippen LogP) is 4.43. The van der Waals surface area contributed by atoms with Crippen LogP contribution in [0.5, 0.6) is 17.2 Å². The number of methoxy groups -OCH3 is 2. The third-order valence-corrected chi connectivity index (χ3v) is 5.65. The van der Waals surface area contributed by atoms with E-state index in [1.165, 1.54) is 20.3 Å². The zero-order chi connectivity index (χ0) is 23.3. The van der Waals surface area contributed by atoms with Crippen molar-refractivity contribution in [3.8, 4) is 17.2 Å². The van der Waals surface area contributed by atoms with E-state index >= 15 is 0 Å². The van der Waals surface area contributed by atoms with Crippen LogP contribution in [0.1, 0.15) is 12.5 Å². The van der Waals surface area contributed by atoms with Crippen LogP contribution in [0.4, 0.5) is 10.5 Å². The Morgan fingerprint density at radius 1 is 1.12 bits per heavy atom. The van der Waals surface area contributed by atoms with Crippen molar-refractivity contribution in [1.29, 1.82) is 0 Å². The number of rotatable bonds is 8. The molecule has 1 saturated heterocycles. The molecule has 0 unspecified atom stereocenters.